The monoisotopic (exact) mass is 1230 g/mol. The highest BCUT2D eigenvalue weighted by Gasteiger charge is 2.57. The van der Waals surface area contributed by atoms with Crippen molar-refractivity contribution >= 4 is 52.1 Å². The van der Waals surface area contributed by atoms with Crippen LogP contribution in [0.15, 0.2) is 36.4 Å². The summed E-state index contributed by atoms with van der Waals surface area (Å²) >= 11 is 0. The number of likely N-dealkylation sites (N-methyl/N-ethyl adjacent to an activating group) is 2. The van der Waals surface area contributed by atoms with Crippen LogP contribution in [0.3, 0.4) is 0 Å². The van der Waals surface area contributed by atoms with Crippen molar-refractivity contribution in [2.24, 2.45) is 17.3 Å². The van der Waals surface area contributed by atoms with Crippen LogP contribution in [-0.2, 0) is 47.6 Å². The number of aliphatic hydroxyl groups excluding tert-OH is 2. The van der Waals surface area contributed by atoms with Crippen molar-refractivity contribution in [3.8, 4) is 28.7 Å². The van der Waals surface area contributed by atoms with Crippen LogP contribution < -0.4 is 23.7 Å². The summed E-state index contributed by atoms with van der Waals surface area (Å²) < 4.78 is 65.1. The lowest BCUT2D eigenvalue weighted by molar-refractivity contribution is -0.364. The third-order valence-electron chi connectivity index (χ3n) is 17.3. The Morgan fingerprint density at radius 3 is 2.05 bits per heavy atom. The second kappa shape index (κ2) is 26.1. The zero-order valence-electron chi connectivity index (χ0n) is 50.8. The van der Waals surface area contributed by atoms with Gasteiger partial charge in [0.2, 0.25) is 18.4 Å². The topological polar surface area (TPSA) is 295 Å². The van der Waals surface area contributed by atoms with Crippen LogP contribution in [0.25, 0.3) is 0 Å². The van der Waals surface area contributed by atoms with E-state index in [1.807, 2.05) is 6.08 Å². The van der Waals surface area contributed by atoms with Gasteiger partial charge in [0, 0.05) is 67.1 Å². The first-order chi connectivity index (χ1) is 40.0. The Balaban J connectivity index is 0.943. The Bertz CT molecular complexity index is 2820. The van der Waals surface area contributed by atoms with Crippen molar-refractivity contribution in [1.29, 1.82) is 0 Å². The summed E-state index contributed by atoms with van der Waals surface area (Å²) in [6.07, 6.45) is -5.59. The number of aliphatic hydroxyl groups is 2. The molecule has 6 aliphatic rings. The number of benzene rings is 2. The molecule has 0 saturated carbocycles. The average molecular weight is 1230 g/mol. The van der Waals surface area contributed by atoms with Crippen LogP contribution in [0.1, 0.15) is 81.1 Å². The summed E-state index contributed by atoms with van der Waals surface area (Å²) in [6.45, 7) is 16.2. The molecule has 2 aromatic carbocycles. The molecule has 3 fully saturated rings. The fourth-order valence-corrected chi connectivity index (χ4v) is 14.1. The molecule has 0 spiro atoms. The van der Waals surface area contributed by atoms with Crippen LogP contribution in [-0.4, -0.2) is 204 Å². The Morgan fingerprint density at radius 1 is 0.800 bits per heavy atom. The number of amides is 3. The number of esters is 1. The maximum Gasteiger partial charge on any atom is 0.415 e. The standard InChI is InChI=1S/C59H85N3O21Si2/c1-33-75-31-43-51(79-33)47(65)48(66)53(81-43)82-49-37-28-40-39(77-32-78-40)27-36(37)45(46-38(49)30-76-52(46)67)34-25-41(73-5)50(42(26-34)74-6)83-57(72)61(4)21-20-60(3)56(71)80-35-15-13-14-17-58(2,18-16-35)54(68)62(22-24-85(10,11)12)59(55(69)70,29-44(63)64)19-23-84(7,8)9/h13,15,25-28,33,35,38,43,45-49,51,53,65-66H,14,16-24,29-32H2,1-12H3,(H,63,64)(H,69,70)/b15-13+/t33-,35+,38+,43-,45-,46+,47-,48-,49?,51-,53?,58-,59+/m1/s1. The van der Waals surface area contributed by atoms with E-state index in [1.54, 1.807) is 44.2 Å². The molecular formula is C59H85N3O21Si2. The minimum Gasteiger partial charge on any atom is -0.493 e. The lowest BCUT2D eigenvalue weighted by Gasteiger charge is -2.47. The highest BCUT2D eigenvalue weighted by atomic mass is 28.3. The molecule has 85 heavy (non-hydrogen) atoms. The number of ether oxygens (including phenoxy) is 11. The van der Waals surface area contributed by atoms with Gasteiger partial charge >= 0.3 is 30.1 Å². The highest BCUT2D eigenvalue weighted by molar-refractivity contribution is 6.76. The number of aliphatic carboxylic acids is 2. The molecule has 24 nitrogen and oxygen atoms in total. The van der Waals surface area contributed by atoms with E-state index in [1.165, 1.54) is 43.0 Å². The second-order valence-electron chi connectivity index (χ2n) is 25.9. The van der Waals surface area contributed by atoms with Crippen molar-refractivity contribution in [2.75, 3.05) is 68.0 Å². The zero-order chi connectivity index (χ0) is 62.1. The SMILES string of the molecule is COc1cc([C@@H]2c3cc4c(cc3C(OC3O[C@@H]5CO[C@@H](C)O[C@H]5[C@H](O)[C@H]3O)[C@H]3COC(=O)[C@H]23)OCO4)cc(OC)c1OC(=O)N(C)CCN(C)C(=O)O[C@H]1/C=C/CC[C@@](C)(C(=O)N(CC[Si](C)(C)C)[C@@](CC[Si](C)(C)C)(CC(=O)O)C(=O)O)CC1. The summed E-state index contributed by atoms with van der Waals surface area (Å²) in [5.41, 5.74) is -1.37. The van der Waals surface area contributed by atoms with Gasteiger partial charge in [0.05, 0.1) is 45.9 Å². The van der Waals surface area contributed by atoms with Crippen molar-refractivity contribution in [2.45, 2.75) is 164 Å². The van der Waals surface area contributed by atoms with E-state index < -0.39 is 136 Å². The number of carboxylic acids is 2. The van der Waals surface area contributed by atoms with Gasteiger partial charge in [-0.2, -0.15) is 0 Å². The van der Waals surface area contributed by atoms with Crippen molar-refractivity contribution in [3.63, 3.8) is 0 Å². The van der Waals surface area contributed by atoms with Crippen LogP contribution >= 0.6 is 0 Å². The molecule has 0 radical (unpaired) electrons. The van der Waals surface area contributed by atoms with E-state index in [-0.39, 0.29) is 76.2 Å². The minimum absolute atomic E-state index is 0.00707. The fraction of sp³-hybridized carbons (Fsp3) is 0.661. The molecule has 4 heterocycles. The van der Waals surface area contributed by atoms with Gasteiger partial charge in [-0.1, -0.05) is 58.3 Å². The molecular weight excluding hydrogens is 1140 g/mol. The van der Waals surface area contributed by atoms with Gasteiger partial charge in [-0.3, -0.25) is 14.4 Å². The molecule has 0 aromatic heterocycles. The molecule has 3 saturated heterocycles. The molecule has 470 valence electrons. The number of rotatable bonds is 21. The van der Waals surface area contributed by atoms with E-state index in [0.717, 1.165) is 0 Å². The van der Waals surface area contributed by atoms with E-state index in [2.05, 4.69) is 39.3 Å². The molecule has 2 unspecified atom stereocenters. The molecule has 2 aliphatic carbocycles. The molecule has 2 aromatic rings. The number of hydrogen-bond acceptors (Lipinski definition) is 19. The van der Waals surface area contributed by atoms with Gasteiger partial charge < -0.3 is 87.2 Å². The van der Waals surface area contributed by atoms with Gasteiger partial charge in [0.25, 0.3) is 0 Å². The number of carboxylic acid groups (broad SMARTS) is 2. The zero-order valence-corrected chi connectivity index (χ0v) is 52.8. The largest absolute Gasteiger partial charge is 0.493 e. The van der Waals surface area contributed by atoms with E-state index in [9.17, 15) is 44.4 Å². The second-order valence-corrected chi connectivity index (χ2v) is 37.1. The Hall–Kier alpha value is -6.01. The first kappa shape index (κ1) is 65.0. The number of cyclic esters (lactones) is 1. The average Bonchev–Trinajstić information content (AvgIpc) is 1.86. The summed E-state index contributed by atoms with van der Waals surface area (Å²) in [6, 6.07) is 7.87. The van der Waals surface area contributed by atoms with Crippen molar-refractivity contribution in [3.05, 3.63) is 53.1 Å². The summed E-state index contributed by atoms with van der Waals surface area (Å²) in [5, 5.41) is 43.6. The summed E-state index contributed by atoms with van der Waals surface area (Å²) in [4.78, 5) is 86.5. The van der Waals surface area contributed by atoms with Gasteiger partial charge in [0.15, 0.2) is 41.1 Å². The lowest BCUT2D eigenvalue weighted by Crippen LogP contribution is -2.63. The number of carbonyl (C=O) groups excluding carboxylic acids is 4. The number of methoxy groups -OCH3 is 2. The molecule has 3 amide bonds. The summed E-state index contributed by atoms with van der Waals surface area (Å²) in [7, 11) is 2.00. The first-order valence-electron chi connectivity index (χ1n) is 29.1. The van der Waals surface area contributed by atoms with Gasteiger partial charge in [0.1, 0.15) is 30.5 Å². The van der Waals surface area contributed by atoms with E-state index >= 15 is 4.79 Å². The molecule has 4 N–H and O–H groups in total. The third kappa shape index (κ3) is 14.4. The molecule has 26 heteroatoms. The molecule has 8 rings (SSSR count). The predicted molar refractivity (Wildman–Crippen MR) is 309 cm³/mol. The van der Waals surface area contributed by atoms with Crippen molar-refractivity contribution in [1.82, 2.24) is 14.7 Å². The number of allylic oxidation sites excluding steroid dienone is 1. The normalized spacial score (nSPS) is 29.0. The van der Waals surface area contributed by atoms with Crippen LogP contribution in [0.4, 0.5) is 9.59 Å². The Labute approximate surface area is 497 Å². The first-order valence-corrected chi connectivity index (χ1v) is 36.5. The Kier molecular flexibility index (Phi) is 20.0. The lowest BCUT2D eigenvalue weighted by atomic mass is 9.66. The van der Waals surface area contributed by atoms with E-state index in [0.29, 0.717) is 53.1 Å². The van der Waals surface area contributed by atoms with Crippen LogP contribution in [0.2, 0.25) is 51.4 Å². The third-order valence-corrected chi connectivity index (χ3v) is 20.7. The molecule has 13 atom stereocenters. The van der Waals surface area contributed by atoms with Crippen molar-refractivity contribution < 1.29 is 101 Å². The van der Waals surface area contributed by atoms with E-state index in [4.69, 9.17) is 52.1 Å². The number of fused-ring (bicyclic) bond motifs is 4. The number of nitrogens with zero attached hydrogens (tertiary/aromatic N) is 3. The number of carbonyl (C=O) groups is 6. The molecule has 0 bridgehead atoms. The smallest absolute Gasteiger partial charge is 0.415 e. The quantitative estimate of drug-likeness (QED) is 0.0565. The maximum atomic E-state index is 15.1. The number of hydrogen-bond donors (Lipinski definition) is 4. The van der Waals surface area contributed by atoms with Gasteiger partial charge in [-0.15, -0.1) is 0 Å². The van der Waals surface area contributed by atoms with Crippen LogP contribution in [0, 0.1) is 17.3 Å². The minimum atomic E-state index is -1.95. The predicted octanol–water partition coefficient (Wildman–Crippen LogP) is 6.83. The highest BCUT2D eigenvalue weighted by Crippen LogP contribution is 2.57. The fourth-order valence-electron chi connectivity index (χ4n) is 12.1. The maximum absolute atomic E-state index is 15.1. The Morgan fingerprint density at radius 2 is 1.44 bits per heavy atom. The molecule has 4 aliphatic heterocycles. The summed E-state index contributed by atoms with van der Waals surface area (Å²) in [5.74, 6) is -4.91. The van der Waals surface area contributed by atoms with Gasteiger partial charge in [-0.05, 0) is 92.1 Å². The van der Waals surface area contributed by atoms with Crippen LogP contribution in [0.5, 0.6) is 28.7 Å². The van der Waals surface area contributed by atoms with Gasteiger partial charge in [-0.25, -0.2) is 14.4 Å².